The predicted octanol–water partition coefficient (Wildman–Crippen LogP) is 3.59. The Morgan fingerprint density at radius 1 is 0.958 bits per heavy atom. The van der Waals surface area contributed by atoms with Crippen molar-refractivity contribution in [1.82, 2.24) is 0 Å². The average molecular weight is 320 g/mol. The van der Waals surface area contributed by atoms with E-state index in [-0.39, 0.29) is 16.9 Å². The standard InChI is InChI=1S/C19H12O5/c1-23-19(22)15-10-6-2-4-8-12(10)16(20)14-11-7-3-5-9-13(11)18(21)24-17(14)15/h2-9,20H,1H3. The van der Waals surface area contributed by atoms with Gasteiger partial charge in [-0.15, -0.1) is 0 Å². The highest BCUT2D eigenvalue weighted by molar-refractivity contribution is 6.23. The molecule has 0 bridgehead atoms. The fourth-order valence-electron chi connectivity index (χ4n) is 3.08. The molecule has 0 unspecified atom stereocenters. The van der Waals surface area contributed by atoms with Gasteiger partial charge in [0, 0.05) is 16.2 Å². The minimum absolute atomic E-state index is 0.0294. The van der Waals surface area contributed by atoms with Crippen LogP contribution < -0.4 is 5.63 Å². The third kappa shape index (κ3) is 1.81. The van der Waals surface area contributed by atoms with Crippen molar-refractivity contribution in [2.75, 3.05) is 7.11 Å². The molecule has 1 heterocycles. The van der Waals surface area contributed by atoms with Crippen molar-refractivity contribution in [2.45, 2.75) is 0 Å². The van der Waals surface area contributed by atoms with Crippen LogP contribution in [0.25, 0.3) is 32.5 Å². The molecule has 0 aliphatic carbocycles. The number of esters is 1. The van der Waals surface area contributed by atoms with E-state index < -0.39 is 11.6 Å². The van der Waals surface area contributed by atoms with Crippen molar-refractivity contribution in [1.29, 1.82) is 0 Å². The van der Waals surface area contributed by atoms with Crippen LogP contribution >= 0.6 is 0 Å². The Labute approximate surface area is 135 Å². The van der Waals surface area contributed by atoms with E-state index in [1.54, 1.807) is 48.5 Å². The van der Waals surface area contributed by atoms with Crippen LogP contribution in [0.1, 0.15) is 10.4 Å². The van der Waals surface area contributed by atoms with E-state index in [9.17, 15) is 14.7 Å². The molecular formula is C19H12O5. The molecule has 4 aromatic rings. The highest BCUT2D eigenvalue weighted by atomic mass is 16.5. The van der Waals surface area contributed by atoms with Crippen LogP contribution in [0.4, 0.5) is 0 Å². The molecule has 0 saturated heterocycles. The smallest absolute Gasteiger partial charge is 0.344 e. The Hall–Kier alpha value is -3.34. The summed E-state index contributed by atoms with van der Waals surface area (Å²) in [6.45, 7) is 0. The molecule has 1 aromatic heterocycles. The van der Waals surface area contributed by atoms with E-state index in [1.807, 2.05) is 0 Å². The first kappa shape index (κ1) is 14.3. The summed E-state index contributed by atoms with van der Waals surface area (Å²) >= 11 is 0. The zero-order valence-electron chi connectivity index (χ0n) is 12.7. The van der Waals surface area contributed by atoms with Gasteiger partial charge in [-0.1, -0.05) is 42.5 Å². The van der Waals surface area contributed by atoms with Gasteiger partial charge in [-0.25, -0.2) is 9.59 Å². The Balaban J connectivity index is 2.40. The van der Waals surface area contributed by atoms with Gasteiger partial charge >= 0.3 is 11.6 Å². The van der Waals surface area contributed by atoms with Crippen molar-refractivity contribution in [3.8, 4) is 5.75 Å². The number of aromatic hydroxyl groups is 1. The van der Waals surface area contributed by atoms with E-state index in [0.29, 0.717) is 26.9 Å². The van der Waals surface area contributed by atoms with E-state index >= 15 is 0 Å². The van der Waals surface area contributed by atoms with Crippen molar-refractivity contribution in [3.05, 3.63) is 64.5 Å². The van der Waals surface area contributed by atoms with Crippen molar-refractivity contribution < 1.29 is 19.1 Å². The Morgan fingerprint density at radius 2 is 1.54 bits per heavy atom. The molecule has 0 spiro atoms. The number of methoxy groups -OCH3 is 1. The van der Waals surface area contributed by atoms with E-state index in [1.165, 1.54) is 7.11 Å². The van der Waals surface area contributed by atoms with Crippen LogP contribution in [0.2, 0.25) is 0 Å². The second-order valence-electron chi connectivity index (χ2n) is 5.40. The molecule has 0 radical (unpaired) electrons. The first-order valence-electron chi connectivity index (χ1n) is 7.31. The fourth-order valence-corrected chi connectivity index (χ4v) is 3.08. The average Bonchev–Trinajstić information content (AvgIpc) is 2.61. The number of hydrogen-bond donors (Lipinski definition) is 1. The van der Waals surface area contributed by atoms with Gasteiger partial charge in [-0.3, -0.25) is 0 Å². The molecule has 0 fully saturated rings. The second-order valence-corrected chi connectivity index (χ2v) is 5.40. The molecule has 118 valence electrons. The molecule has 1 N–H and O–H groups in total. The first-order valence-corrected chi connectivity index (χ1v) is 7.31. The van der Waals surface area contributed by atoms with Gasteiger partial charge in [0.2, 0.25) is 0 Å². The summed E-state index contributed by atoms with van der Waals surface area (Å²) < 4.78 is 10.3. The van der Waals surface area contributed by atoms with Crippen molar-refractivity contribution in [3.63, 3.8) is 0 Å². The molecular weight excluding hydrogens is 308 g/mol. The summed E-state index contributed by atoms with van der Waals surface area (Å²) in [5.41, 5.74) is -0.413. The normalized spacial score (nSPS) is 11.2. The second kappa shape index (κ2) is 5.09. The Bertz CT molecular complexity index is 1190. The number of carbonyl (C=O) groups is 1. The van der Waals surface area contributed by atoms with E-state index in [4.69, 9.17) is 9.15 Å². The third-order valence-electron chi connectivity index (χ3n) is 4.14. The van der Waals surface area contributed by atoms with Crippen LogP contribution in [-0.2, 0) is 4.74 Å². The van der Waals surface area contributed by atoms with E-state index in [0.717, 1.165) is 0 Å². The minimum atomic E-state index is -0.630. The lowest BCUT2D eigenvalue weighted by Gasteiger charge is -2.12. The molecule has 3 aromatic carbocycles. The lowest BCUT2D eigenvalue weighted by molar-refractivity contribution is 0.0604. The number of benzene rings is 3. The van der Waals surface area contributed by atoms with Crippen LogP contribution in [0.5, 0.6) is 5.75 Å². The maximum atomic E-state index is 12.3. The van der Waals surface area contributed by atoms with Crippen LogP contribution in [0.3, 0.4) is 0 Å². The number of rotatable bonds is 1. The first-order chi connectivity index (χ1) is 11.6. The fraction of sp³-hybridized carbons (Fsp3) is 0.0526. The van der Waals surface area contributed by atoms with Crippen molar-refractivity contribution >= 4 is 38.5 Å². The Morgan fingerprint density at radius 3 is 2.21 bits per heavy atom. The molecule has 0 atom stereocenters. The van der Waals surface area contributed by atoms with Crippen LogP contribution in [0.15, 0.2) is 57.7 Å². The highest BCUT2D eigenvalue weighted by Gasteiger charge is 2.23. The highest BCUT2D eigenvalue weighted by Crippen LogP contribution is 2.40. The molecule has 0 aliphatic rings. The SMILES string of the molecule is COC(=O)c1c2ccccc2c(O)c2c1oc(=O)c1ccccc12. The molecule has 5 nitrogen and oxygen atoms in total. The number of fused-ring (bicyclic) bond motifs is 4. The zero-order valence-corrected chi connectivity index (χ0v) is 12.7. The molecule has 0 aliphatic heterocycles. The maximum absolute atomic E-state index is 12.3. The van der Waals surface area contributed by atoms with Gasteiger partial charge in [0.25, 0.3) is 0 Å². The summed E-state index contributed by atoms with van der Waals surface area (Å²) in [5.74, 6) is -0.664. The van der Waals surface area contributed by atoms with Gasteiger partial charge in [0.15, 0.2) is 5.58 Å². The van der Waals surface area contributed by atoms with Crippen LogP contribution in [-0.4, -0.2) is 18.2 Å². The van der Waals surface area contributed by atoms with Gasteiger partial charge in [-0.2, -0.15) is 0 Å². The number of ether oxygens (including phenoxy) is 1. The molecule has 0 saturated carbocycles. The quantitative estimate of drug-likeness (QED) is 0.251. The molecule has 5 heteroatoms. The number of phenolic OH excluding ortho intramolecular Hbond substituents is 1. The predicted molar refractivity (Wildman–Crippen MR) is 90.5 cm³/mol. The maximum Gasteiger partial charge on any atom is 0.344 e. The van der Waals surface area contributed by atoms with Crippen molar-refractivity contribution in [2.24, 2.45) is 0 Å². The minimum Gasteiger partial charge on any atom is -0.507 e. The molecule has 24 heavy (non-hydrogen) atoms. The lowest BCUT2D eigenvalue weighted by atomic mass is 9.97. The summed E-state index contributed by atoms with van der Waals surface area (Å²) in [5, 5.41) is 12.9. The van der Waals surface area contributed by atoms with E-state index in [2.05, 4.69) is 0 Å². The largest absolute Gasteiger partial charge is 0.507 e. The van der Waals surface area contributed by atoms with Gasteiger partial charge in [-0.05, 0) is 6.07 Å². The number of hydrogen-bond acceptors (Lipinski definition) is 5. The summed E-state index contributed by atoms with van der Waals surface area (Å²) in [6, 6.07) is 13.7. The van der Waals surface area contributed by atoms with Gasteiger partial charge in [0.05, 0.1) is 17.9 Å². The number of phenols is 1. The Kier molecular flexibility index (Phi) is 3.03. The summed E-state index contributed by atoms with van der Waals surface area (Å²) in [7, 11) is 1.26. The molecule has 4 rings (SSSR count). The van der Waals surface area contributed by atoms with Gasteiger partial charge < -0.3 is 14.3 Å². The molecule has 0 amide bonds. The topological polar surface area (TPSA) is 76.7 Å². The number of carbonyl (C=O) groups excluding carboxylic acids is 1. The zero-order chi connectivity index (χ0) is 16.8. The third-order valence-corrected chi connectivity index (χ3v) is 4.14. The monoisotopic (exact) mass is 320 g/mol. The van der Waals surface area contributed by atoms with Crippen LogP contribution in [0, 0.1) is 0 Å². The van der Waals surface area contributed by atoms with Gasteiger partial charge in [0.1, 0.15) is 11.3 Å². The lowest BCUT2D eigenvalue weighted by Crippen LogP contribution is -2.07. The summed E-state index contributed by atoms with van der Waals surface area (Å²) in [6.07, 6.45) is 0. The summed E-state index contributed by atoms with van der Waals surface area (Å²) in [4.78, 5) is 24.6.